The number of piperidine rings is 1. The lowest BCUT2D eigenvalue weighted by atomic mass is 10.1. The van der Waals surface area contributed by atoms with Crippen molar-refractivity contribution in [3.05, 3.63) is 46.5 Å². The van der Waals surface area contributed by atoms with E-state index in [1.165, 1.54) is 0 Å². The van der Waals surface area contributed by atoms with Gasteiger partial charge in [0.25, 0.3) is 5.56 Å². The number of nitrogens with zero attached hydrogens (tertiary/aromatic N) is 3. The second-order valence-electron chi connectivity index (χ2n) is 5.76. The van der Waals surface area contributed by atoms with Gasteiger partial charge in [-0.05, 0) is 45.1 Å². The summed E-state index contributed by atoms with van der Waals surface area (Å²) in [6.07, 6.45) is 3.89. The Labute approximate surface area is 139 Å². The SMILES string of the molecule is CN1CCC(Nc2nc(CSc3ccccn3)cc(=O)[nH]2)CC1. The van der Waals surface area contributed by atoms with Gasteiger partial charge in [-0.2, -0.15) is 0 Å². The van der Waals surface area contributed by atoms with Crippen LogP contribution in [0.2, 0.25) is 0 Å². The van der Waals surface area contributed by atoms with E-state index in [1.807, 2.05) is 18.2 Å². The van der Waals surface area contributed by atoms with Crippen molar-refractivity contribution < 1.29 is 0 Å². The van der Waals surface area contributed by atoms with Crippen LogP contribution in [0.4, 0.5) is 5.95 Å². The number of hydrogen-bond acceptors (Lipinski definition) is 6. The molecule has 3 rings (SSSR count). The molecule has 2 N–H and O–H groups in total. The molecule has 1 saturated heterocycles. The number of anilines is 1. The van der Waals surface area contributed by atoms with Crippen LogP contribution in [0.15, 0.2) is 40.3 Å². The van der Waals surface area contributed by atoms with Crippen molar-refractivity contribution in [2.75, 3.05) is 25.5 Å². The molecular weight excluding hydrogens is 310 g/mol. The second kappa shape index (κ2) is 7.61. The number of aromatic amines is 1. The topological polar surface area (TPSA) is 73.9 Å². The first kappa shape index (κ1) is 16.0. The Kier molecular flexibility index (Phi) is 5.30. The molecule has 0 unspecified atom stereocenters. The van der Waals surface area contributed by atoms with Crippen LogP contribution in [0.5, 0.6) is 0 Å². The highest BCUT2D eigenvalue weighted by atomic mass is 32.2. The van der Waals surface area contributed by atoms with E-state index in [4.69, 9.17) is 0 Å². The maximum atomic E-state index is 11.8. The summed E-state index contributed by atoms with van der Waals surface area (Å²) in [6, 6.07) is 7.71. The molecule has 0 saturated carbocycles. The first-order valence-electron chi connectivity index (χ1n) is 7.78. The number of rotatable bonds is 5. The third-order valence-electron chi connectivity index (χ3n) is 3.86. The van der Waals surface area contributed by atoms with Crippen molar-refractivity contribution in [1.29, 1.82) is 0 Å². The van der Waals surface area contributed by atoms with Gasteiger partial charge in [0.1, 0.15) is 0 Å². The Hall–Kier alpha value is -1.86. The number of aromatic nitrogens is 3. The third kappa shape index (κ3) is 4.80. The molecule has 1 aliphatic heterocycles. The largest absolute Gasteiger partial charge is 0.353 e. The molecule has 6 nitrogen and oxygen atoms in total. The summed E-state index contributed by atoms with van der Waals surface area (Å²) in [5.41, 5.74) is 0.645. The van der Waals surface area contributed by atoms with E-state index < -0.39 is 0 Å². The zero-order chi connectivity index (χ0) is 16.1. The summed E-state index contributed by atoms with van der Waals surface area (Å²) in [5.74, 6) is 1.20. The van der Waals surface area contributed by atoms with Gasteiger partial charge in [-0.25, -0.2) is 9.97 Å². The number of nitrogens with one attached hydrogen (secondary N) is 2. The molecule has 1 fully saturated rings. The Balaban J connectivity index is 1.63. The van der Waals surface area contributed by atoms with Crippen molar-refractivity contribution in [2.45, 2.75) is 29.7 Å². The van der Waals surface area contributed by atoms with Gasteiger partial charge in [-0.1, -0.05) is 6.07 Å². The Morgan fingerprint density at radius 1 is 1.39 bits per heavy atom. The molecule has 0 spiro atoms. The van der Waals surface area contributed by atoms with Gasteiger partial charge < -0.3 is 10.2 Å². The van der Waals surface area contributed by atoms with E-state index in [1.54, 1.807) is 24.0 Å². The average molecular weight is 331 g/mol. The standard InChI is InChI=1S/C16H21N5OS/c1-21-8-5-12(6-9-21)18-16-19-13(10-14(22)20-16)11-23-15-4-2-3-7-17-15/h2-4,7,10,12H,5-6,8-9,11H2,1H3,(H2,18,19,20,22). The van der Waals surface area contributed by atoms with Crippen LogP contribution in [0, 0.1) is 0 Å². The summed E-state index contributed by atoms with van der Waals surface area (Å²) in [5, 5.41) is 4.29. The molecule has 122 valence electrons. The molecule has 3 heterocycles. The first-order chi connectivity index (χ1) is 11.2. The molecule has 0 aliphatic carbocycles. The predicted molar refractivity (Wildman–Crippen MR) is 92.8 cm³/mol. The zero-order valence-corrected chi connectivity index (χ0v) is 14.0. The monoisotopic (exact) mass is 331 g/mol. The highest BCUT2D eigenvalue weighted by Crippen LogP contribution is 2.19. The minimum atomic E-state index is -0.118. The van der Waals surface area contributed by atoms with Gasteiger partial charge in [-0.3, -0.25) is 9.78 Å². The summed E-state index contributed by atoms with van der Waals surface area (Å²) in [4.78, 5) is 25.8. The number of H-pyrrole nitrogens is 1. The summed E-state index contributed by atoms with van der Waals surface area (Å²) < 4.78 is 0. The fourth-order valence-corrected chi connectivity index (χ4v) is 3.33. The van der Waals surface area contributed by atoms with Crippen LogP contribution in [0.3, 0.4) is 0 Å². The lowest BCUT2D eigenvalue weighted by Crippen LogP contribution is -2.37. The second-order valence-corrected chi connectivity index (χ2v) is 6.76. The maximum absolute atomic E-state index is 11.8. The summed E-state index contributed by atoms with van der Waals surface area (Å²) in [6.45, 7) is 2.13. The molecular formula is C16H21N5OS. The van der Waals surface area contributed by atoms with E-state index >= 15 is 0 Å². The highest BCUT2D eigenvalue weighted by Gasteiger charge is 2.17. The van der Waals surface area contributed by atoms with E-state index in [0.717, 1.165) is 36.7 Å². The third-order valence-corrected chi connectivity index (χ3v) is 4.84. The van der Waals surface area contributed by atoms with Crippen LogP contribution in [-0.4, -0.2) is 46.0 Å². The van der Waals surface area contributed by atoms with Gasteiger partial charge in [0.05, 0.1) is 10.7 Å². The highest BCUT2D eigenvalue weighted by molar-refractivity contribution is 7.98. The number of pyridine rings is 1. The summed E-state index contributed by atoms with van der Waals surface area (Å²) in [7, 11) is 2.13. The molecule has 1 aliphatic rings. The van der Waals surface area contributed by atoms with E-state index in [-0.39, 0.29) is 5.56 Å². The number of likely N-dealkylation sites (tertiary alicyclic amines) is 1. The lowest BCUT2D eigenvalue weighted by molar-refractivity contribution is 0.263. The molecule has 23 heavy (non-hydrogen) atoms. The van der Waals surface area contributed by atoms with Crippen LogP contribution in [-0.2, 0) is 5.75 Å². The summed E-state index contributed by atoms with van der Waals surface area (Å²) >= 11 is 1.58. The molecule has 0 aromatic carbocycles. The average Bonchev–Trinajstić information content (AvgIpc) is 2.56. The lowest BCUT2D eigenvalue weighted by Gasteiger charge is -2.29. The van der Waals surface area contributed by atoms with Gasteiger partial charge in [0.15, 0.2) is 0 Å². The van der Waals surface area contributed by atoms with E-state index in [9.17, 15) is 4.79 Å². The smallest absolute Gasteiger partial charge is 0.252 e. The normalized spacial score (nSPS) is 16.4. The minimum Gasteiger partial charge on any atom is -0.353 e. The van der Waals surface area contributed by atoms with Crippen molar-refractivity contribution in [1.82, 2.24) is 19.9 Å². The van der Waals surface area contributed by atoms with Crippen molar-refractivity contribution in [2.24, 2.45) is 0 Å². The minimum absolute atomic E-state index is 0.118. The molecule has 0 atom stereocenters. The number of hydrogen-bond donors (Lipinski definition) is 2. The van der Waals surface area contributed by atoms with E-state index in [0.29, 0.717) is 17.7 Å². The van der Waals surface area contributed by atoms with Crippen LogP contribution in [0.25, 0.3) is 0 Å². The van der Waals surface area contributed by atoms with Crippen LogP contribution >= 0.6 is 11.8 Å². The molecule has 0 amide bonds. The fourth-order valence-electron chi connectivity index (χ4n) is 2.58. The van der Waals surface area contributed by atoms with Gasteiger partial charge in [0, 0.05) is 24.1 Å². The zero-order valence-electron chi connectivity index (χ0n) is 13.2. The van der Waals surface area contributed by atoms with Crippen molar-refractivity contribution in [3.8, 4) is 0 Å². The molecule has 2 aromatic rings. The Morgan fingerprint density at radius 2 is 2.22 bits per heavy atom. The van der Waals surface area contributed by atoms with Crippen molar-refractivity contribution in [3.63, 3.8) is 0 Å². The van der Waals surface area contributed by atoms with Crippen LogP contribution < -0.4 is 10.9 Å². The molecule has 0 radical (unpaired) electrons. The van der Waals surface area contributed by atoms with Crippen molar-refractivity contribution >= 4 is 17.7 Å². The molecule has 0 bridgehead atoms. The molecule has 7 heteroatoms. The predicted octanol–water partition coefficient (Wildman–Crippen LogP) is 1.96. The first-order valence-corrected chi connectivity index (χ1v) is 8.77. The maximum Gasteiger partial charge on any atom is 0.252 e. The van der Waals surface area contributed by atoms with Crippen LogP contribution in [0.1, 0.15) is 18.5 Å². The quantitative estimate of drug-likeness (QED) is 0.816. The fraction of sp³-hybridized carbons (Fsp3) is 0.438. The Morgan fingerprint density at radius 3 is 2.96 bits per heavy atom. The van der Waals surface area contributed by atoms with Gasteiger partial charge in [-0.15, -0.1) is 11.8 Å². The Bertz CT molecular complexity index is 682. The van der Waals surface area contributed by atoms with Gasteiger partial charge >= 0.3 is 0 Å². The molecule has 2 aromatic heterocycles. The number of thioether (sulfide) groups is 1. The van der Waals surface area contributed by atoms with Gasteiger partial charge in [0.2, 0.25) is 5.95 Å². The van der Waals surface area contributed by atoms with E-state index in [2.05, 4.69) is 32.2 Å².